The second-order valence-electron chi connectivity index (χ2n) is 3.57. The number of carbonyl (C=O) groups excluding carboxylic acids is 1. The van der Waals surface area contributed by atoms with E-state index in [-0.39, 0.29) is 5.91 Å². The molecule has 0 saturated carbocycles. The molecule has 2 nitrogen and oxygen atoms in total. The molecule has 0 spiro atoms. The van der Waals surface area contributed by atoms with E-state index < -0.39 is 0 Å². The molecule has 2 atom stereocenters. The van der Waals surface area contributed by atoms with Crippen LogP contribution < -0.4 is 0 Å². The fourth-order valence-electron chi connectivity index (χ4n) is 1.82. The lowest BCUT2D eigenvalue weighted by Crippen LogP contribution is -2.25. The van der Waals surface area contributed by atoms with Gasteiger partial charge < -0.3 is 4.90 Å². The Labute approximate surface area is 96.0 Å². The SMILES string of the molecule is CC.CC.CCC1CN(C(C)=O)CC1C. The molecule has 1 aliphatic heterocycles. The molecular formula is C13H29NO. The Hall–Kier alpha value is -0.530. The molecule has 0 N–H and O–H groups in total. The van der Waals surface area contributed by atoms with Gasteiger partial charge in [0.15, 0.2) is 0 Å². The van der Waals surface area contributed by atoms with Crippen molar-refractivity contribution in [2.75, 3.05) is 13.1 Å². The number of hydrogen-bond donors (Lipinski definition) is 0. The van der Waals surface area contributed by atoms with Crippen molar-refractivity contribution in [1.82, 2.24) is 4.90 Å². The van der Waals surface area contributed by atoms with Gasteiger partial charge in [0.2, 0.25) is 5.91 Å². The molecule has 1 rings (SSSR count). The molecule has 0 aromatic rings. The van der Waals surface area contributed by atoms with Crippen molar-refractivity contribution in [2.24, 2.45) is 11.8 Å². The van der Waals surface area contributed by atoms with Crippen molar-refractivity contribution in [3.05, 3.63) is 0 Å². The molecule has 2 heteroatoms. The molecule has 0 radical (unpaired) electrons. The number of amides is 1. The molecular weight excluding hydrogens is 186 g/mol. The fraction of sp³-hybridized carbons (Fsp3) is 0.923. The van der Waals surface area contributed by atoms with Crippen molar-refractivity contribution in [3.8, 4) is 0 Å². The largest absolute Gasteiger partial charge is 0.342 e. The van der Waals surface area contributed by atoms with E-state index in [2.05, 4.69) is 13.8 Å². The lowest BCUT2D eigenvalue weighted by atomic mass is 9.96. The summed E-state index contributed by atoms with van der Waals surface area (Å²) >= 11 is 0. The first-order valence-corrected chi connectivity index (χ1v) is 6.40. The van der Waals surface area contributed by atoms with Gasteiger partial charge in [-0.1, -0.05) is 48.0 Å². The summed E-state index contributed by atoms with van der Waals surface area (Å²) in [5.74, 6) is 1.66. The average Bonchev–Trinajstić information content (AvgIpc) is 2.66. The molecule has 0 aliphatic carbocycles. The minimum Gasteiger partial charge on any atom is -0.342 e. The minimum absolute atomic E-state index is 0.229. The number of hydrogen-bond acceptors (Lipinski definition) is 1. The summed E-state index contributed by atoms with van der Waals surface area (Å²) in [7, 11) is 0. The molecule has 1 heterocycles. The second-order valence-corrected chi connectivity index (χ2v) is 3.57. The van der Waals surface area contributed by atoms with Crippen LogP contribution in [-0.4, -0.2) is 23.9 Å². The minimum atomic E-state index is 0.229. The van der Waals surface area contributed by atoms with Crippen LogP contribution in [0.25, 0.3) is 0 Å². The normalized spacial score (nSPS) is 23.5. The predicted octanol–water partition coefficient (Wildman–Crippen LogP) is 3.56. The highest BCUT2D eigenvalue weighted by Crippen LogP contribution is 2.25. The maximum absolute atomic E-state index is 11.0. The van der Waals surface area contributed by atoms with Crippen LogP contribution >= 0.6 is 0 Å². The number of rotatable bonds is 1. The van der Waals surface area contributed by atoms with E-state index in [9.17, 15) is 4.79 Å². The van der Waals surface area contributed by atoms with E-state index >= 15 is 0 Å². The smallest absolute Gasteiger partial charge is 0.219 e. The predicted molar refractivity (Wildman–Crippen MR) is 67.9 cm³/mol. The van der Waals surface area contributed by atoms with Crippen molar-refractivity contribution in [3.63, 3.8) is 0 Å². The third-order valence-corrected chi connectivity index (χ3v) is 2.74. The Kier molecular flexibility index (Phi) is 11.3. The van der Waals surface area contributed by atoms with Gasteiger partial charge in [-0.05, 0) is 11.8 Å². The summed E-state index contributed by atoms with van der Waals surface area (Å²) in [5.41, 5.74) is 0. The first-order valence-electron chi connectivity index (χ1n) is 6.40. The van der Waals surface area contributed by atoms with Crippen LogP contribution in [0, 0.1) is 11.8 Å². The van der Waals surface area contributed by atoms with Gasteiger partial charge in [0.25, 0.3) is 0 Å². The van der Waals surface area contributed by atoms with Crippen LogP contribution in [0.2, 0.25) is 0 Å². The van der Waals surface area contributed by atoms with Crippen molar-refractivity contribution >= 4 is 5.91 Å². The fourth-order valence-corrected chi connectivity index (χ4v) is 1.82. The van der Waals surface area contributed by atoms with E-state index in [0.29, 0.717) is 5.92 Å². The summed E-state index contributed by atoms with van der Waals surface area (Å²) in [6, 6.07) is 0. The Morgan fingerprint density at radius 1 is 1.20 bits per heavy atom. The van der Waals surface area contributed by atoms with Gasteiger partial charge in [-0.3, -0.25) is 4.79 Å². The first kappa shape index (κ1) is 16.9. The Bertz CT molecular complexity index is 157. The van der Waals surface area contributed by atoms with E-state index in [1.54, 1.807) is 6.92 Å². The molecule has 1 amide bonds. The van der Waals surface area contributed by atoms with Gasteiger partial charge in [-0.2, -0.15) is 0 Å². The first-order chi connectivity index (χ1) is 7.15. The van der Waals surface area contributed by atoms with Crippen molar-refractivity contribution in [1.29, 1.82) is 0 Å². The summed E-state index contributed by atoms with van der Waals surface area (Å²) in [5, 5.41) is 0. The highest BCUT2D eigenvalue weighted by molar-refractivity contribution is 5.73. The van der Waals surface area contributed by atoms with Crippen molar-refractivity contribution < 1.29 is 4.79 Å². The summed E-state index contributed by atoms with van der Waals surface area (Å²) in [6.45, 7) is 16.0. The molecule has 0 aromatic carbocycles. The topological polar surface area (TPSA) is 20.3 Å². The monoisotopic (exact) mass is 215 g/mol. The zero-order chi connectivity index (χ0) is 12.4. The lowest BCUT2D eigenvalue weighted by molar-refractivity contribution is -0.128. The quantitative estimate of drug-likeness (QED) is 0.655. The van der Waals surface area contributed by atoms with Gasteiger partial charge in [-0.25, -0.2) is 0 Å². The molecule has 1 saturated heterocycles. The van der Waals surface area contributed by atoms with Crippen molar-refractivity contribution in [2.45, 2.75) is 54.9 Å². The Morgan fingerprint density at radius 3 is 1.87 bits per heavy atom. The maximum atomic E-state index is 11.0. The van der Waals surface area contributed by atoms with E-state index in [1.807, 2.05) is 32.6 Å². The van der Waals surface area contributed by atoms with Crippen LogP contribution in [0.15, 0.2) is 0 Å². The summed E-state index contributed by atoms with van der Waals surface area (Å²) in [6.07, 6.45) is 1.20. The Morgan fingerprint density at radius 2 is 1.67 bits per heavy atom. The number of carbonyl (C=O) groups is 1. The molecule has 0 bridgehead atoms. The maximum Gasteiger partial charge on any atom is 0.219 e. The van der Waals surface area contributed by atoms with Gasteiger partial charge >= 0.3 is 0 Å². The van der Waals surface area contributed by atoms with Crippen LogP contribution in [0.4, 0.5) is 0 Å². The second kappa shape index (κ2) is 10.0. The van der Waals surface area contributed by atoms with Gasteiger partial charge in [0, 0.05) is 20.0 Å². The lowest BCUT2D eigenvalue weighted by Gasteiger charge is -2.12. The van der Waals surface area contributed by atoms with E-state index in [1.165, 1.54) is 6.42 Å². The van der Waals surface area contributed by atoms with Gasteiger partial charge in [-0.15, -0.1) is 0 Å². The molecule has 2 unspecified atom stereocenters. The van der Waals surface area contributed by atoms with Crippen LogP contribution in [0.3, 0.4) is 0 Å². The molecule has 0 aromatic heterocycles. The number of likely N-dealkylation sites (tertiary alicyclic amines) is 1. The van der Waals surface area contributed by atoms with Crippen LogP contribution in [-0.2, 0) is 4.79 Å². The van der Waals surface area contributed by atoms with E-state index in [4.69, 9.17) is 0 Å². The molecule has 1 aliphatic rings. The average molecular weight is 215 g/mol. The van der Waals surface area contributed by atoms with E-state index in [0.717, 1.165) is 19.0 Å². The van der Waals surface area contributed by atoms with Crippen LogP contribution in [0.5, 0.6) is 0 Å². The van der Waals surface area contributed by atoms with Gasteiger partial charge in [0.1, 0.15) is 0 Å². The third-order valence-electron chi connectivity index (χ3n) is 2.74. The zero-order valence-corrected chi connectivity index (χ0v) is 11.6. The highest BCUT2D eigenvalue weighted by Gasteiger charge is 2.29. The number of nitrogens with zero attached hydrogens (tertiary/aromatic N) is 1. The highest BCUT2D eigenvalue weighted by atomic mass is 16.2. The Balaban J connectivity index is 0. The molecule has 1 fully saturated rings. The standard InChI is InChI=1S/C9H17NO.2C2H6/c1-4-9-6-10(8(3)11)5-7(9)2;2*1-2/h7,9H,4-6H2,1-3H3;2*1-2H3. The zero-order valence-electron chi connectivity index (χ0n) is 11.6. The molecule has 92 valence electrons. The molecule has 15 heavy (non-hydrogen) atoms. The summed E-state index contributed by atoms with van der Waals surface area (Å²) < 4.78 is 0. The van der Waals surface area contributed by atoms with Crippen LogP contribution in [0.1, 0.15) is 54.9 Å². The van der Waals surface area contributed by atoms with Gasteiger partial charge in [0.05, 0.1) is 0 Å². The third kappa shape index (κ3) is 5.81. The summed E-state index contributed by atoms with van der Waals surface area (Å²) in [4.78, 5) is 12.9.